The predicted molar refractivity (Wildman–Crippen MR) is 130 cm³/mol. The zero-order valence-corrected chi connectivity index (χ0v) is 20.9. The Balaban J connectivity index is 1.85. The van der Waals surface area contributed by atoms with Gasteiger partial charge < -0.3 is 24.6 Å². The second kappa shape index (κ2) is 8.98. The van der Waals surface area contributed by atoms with Gasteiger partial charge in [0, 0.05) is 24.4 Å². The van der Waals surface area contributed by atoms with Gasteiger partial charge in [-0.3, -0.25) is 0 Å². The van der Waals surface area contributed by atoms with Gasteiger partial charge >= 0.3 is 6.18 Å². The average Bonchev–Trinajstić information content (AvgIpc) is 3.26. The van der Waals surface area contributed by atoms with Crippen molar-refractivity contribution in [2.45, 2.75) is 29.4 Å². The van der Waals surface area contributed by atoms with Crippen LogP contribution in [0.15, 0.2) is 60.7 Å². The fraction of sp³-hybridized carbons (Fsp3) is 0.357. The Labute approximate surface area is 217 Å². The number of benzene rings is 2. The van der Waals surface area contributed by atoms with Crippen molar-refractivity contribution in [3.63, 3.8) is 0 Å². The van der Waals surface area contributed by atoms with Crippen LogP contribution in [-0.4, -0.2) is 54.0 Å². The van der Waals surface area contributed by atoms with Crippen molar-refractivity contribution in [3.8, 4) is 17.7 Å². The van der Waals surface area contributed by atoms with Crippen LogP contribution in [0, 0.1) is 17.2 Å². The smallest absolute Gasteiger partial charge is 0.416 e. The van der Waals surface area contributed by atoms with Gasteiger partial charge in [0.2, 0.25) is 5.88 Å². The Hall–Kier alpha value is -3.65. The molecule has 0 radical (unpaired) electrons. The van der Waals surface area contributed by atoms with Crippen molar-refractivity contribution in [2.24, 2.45) is 5.92 Å². The Morgan fingerprint density at radius 2 is 1.79 bits per heavy atom. The van der Waals surface area contributed by atoms with Crippen molar-refractivity contribution < 1.29 is 32.9 Å². The number of aromatic nitrogens is 1. The van der Waals surface area contributed by atoms with E-state index in [-0.39, 0.29) is 28.5 Å². The van der Waals surface area contributed by atoms with Gasteiger partial charge in [0.15, 0.2) is 11.2 Å². The lowest BCUT2D eigenvalue weighted by Gasteiger charge is -2.41. The first-order valence-electron chi connectivity index (χ1n) is 12.0. The van der Waals surface area contributed by atoms with Crippen LogP contribution in [0.5, 0.6) is 11.6 Å². The summed E-state index contributed by atoms with van der Waals surface area (Å²) in [5, 5.41) is 34.1. The fourth-order valence-electron chi connectivity index (χ4n) is 6.17. The average molecular weight is 526 g/mol. The molecule has 198 valence electrons. The molecule has 2 aromatic carbocycles. The molecule has 7 nitrogen and oxygen atoms in total. The molecule has 38 heavy (non-hydrogen) atoms. The largest absolute Gasteiger partial charge is 0.481 e. The van der Waals surface area contributed by atoms with Crippen LogP contribution >= 0.6 is 0 Å². The number of methoxy groups -OCH3 is 1. The van der Waals surface area contributed by atoms with Crippen molar-refractivity contribution in [1.82, 2.24) is 9.88 Å². The molecular weight excluding hydrogens is 499 g/mol. The van der Waals surface area contributed by atoms with Crippen LogP contribution in [0.4, 0.5) is 13.2 Å². The maximum absolute atomic E-state index is 13.5. The lowest BCUT2D eigenvalue weighted by molar-refractivity contribution is -0.152. The SMILES string of the molecule is COc1nc(C#N)cc2c1C1(O)C(O)C(CN(C)C)C(c3ccccc3)C1(c1ccc(C(F)(F)F)cc1)O2. The van der Waals surface area contributed by atoms with Gasteiger partial charge in [-0.2, -0.15) is 18.4 Å². The number of halogens is 3. The first-order chi connectivity index (χ1) is 18.0. The molecule has 10 heteroatoms. The summed E-state index contributed by atoms with van der Waals surface area (Å²) < 4.78 is 52.4. The molecule has 5 rings (SSSR count). The van der Waals surface area contributed by atoms with Gasteiger partial charge in [-0.25, -0.2) is 4.98 Å². The number of pyridine rings is 1. The standard InChI is InChI=1S/C28H26F3N3O4/c1-34(2)15-20-22(16-7-5-4-6-8-16)27(17-9-11-18(12-10-17)28(29,30)31)26(36,24(20)35)23-21(38-27)13-19(14-32)33-25(23)37-3/h4-13,20,22,24,35-36H,15H2,1-3H3. The second-order valence-corrected chi connectivity index (χ2v) is 9.94. The van der Waals surface area contributed by atoms with Crippen LogP contribution in [-0.2, 0) is 17.4 Å². The van der Waals surface area contributed by atoms with E-state index in [1.807, 2.05) is 55.4 Å². The summed E-state index contributed by atoms with van der Waals surface area (Å²) in [6, 6.07) is 16.8. The molecule has 0 spiro atoms. The van der Waals surface area contributed by atoms with Crippen molar-refractivity contribution in [3.05, 3.63) is 88.6 Å². The summed E-state index contributed by atoms with van der Waals surface area (Å²) in [5.74, 6) is -1.37. The van der Waals surface area contributed by atoms with E-state index in [1.54, 1.807) is 0 Å². The van der Waals surface area contributed by atoms with E-state index in [2.05, 4.69) is 4.98 Å². The number of hydrogen-bond donors (Lipinski definition) is 2. The van der Waals surface area contributed by atoms with Crippen LogP contribution in [0.3, 0.4) is 0 Å². The molecule has 0 saturated heterocycles. The second-order valence-electron chi connectivity index (χ2n) is 9.94. The first kappa shape index (κ1) is 26.0. The molecule has 1 aromatic heterocycles. The number of hydrogen-bond acceptors (Lipinski definition) is 7. The Kier molecular flexibility index (Phi) is 6.14. The molecule has 2 N–H and O–H groups in total. The lowest BCUT2D eigenvalue weighted by Crippen LogP contribution is -2.52. The van der Waals surface area contributed by atoms with Crippen molar-refractivity contribution in [2.75, 3.05) is 27.7 Å². The predicted octanol–water partition coefficient (Wildman–Crippen LogP) is 3.79. The van der Waals surface area contributed by atoms with E-state index >= 15 is 0 Å². The summed E-state index contributed by atoms with van der Waals surface area (Å²) in [7, 11) is 4.97. The third kappa shape index (κ3) is 3.57. The van der Waals surface area contributed by atoms with E-state index in [4.69, 9.17) is 9.47 Å². The number of alkyl halides is 3. The monoisotopic (exact) mass is 525 g/mol. The molecule has 0 bridgehead atoms. The molecule has 1 saturated carbocycles. The van der Waals surface area contributed by atoms with Crippen molar-refractivity contribution in [1.29, 1.82) is 5.26 Å². The number of aliphatic hydroxyl groups excluding tert-OH is 1. The van der Waals surface area contributed by atoms with Crippen LogP contribution in [0.1, 0.15) is 33.9 Å². The van der Waals surface area contributed by atoms with Crippen LogP contribution in [0.2, 0.25) is 0 Å². The number of nitrogens with zero attached hydrogens (tertiary/aromatic N) is 3. The van der Waals surface area contributed by atoms with Crippen LogP contribution < -0.4 is 9.47 Å². The molecule has 0 amide bonds. The number of ether oxygens (including phenoxy) is 2. The molecule has 5 atom stereocenters. The number of fused-ring (bicyclic) bond motifs is 3. The summed E-state index contributed by atoms with van der Waals surface area (Å²) in [6.45, 7) is 0.330. The minimum Gasteiger partial charge on any atom is -0.481 e. The van der Waals surface area contributed by atoms with E-state index in [0.29, 0.717) is 6.54 Å². The zero-order valence-electron chi connectivity index (χ0n) is 20.9. The molecule has 2 aliphatic rings. The molecule has 1 aliphatic heterocycles. The highest BCUT2D eigenvalue weighted by Crippen LogP contribution is 2.69. The van der Waals surface area contributed by atoms with E-state index in [1.165, 1.54) is 25.3 Å². The number of rotatable bonds is 5. The third-order valence-corrected chi connectivity index (χ3v) is 7.55. The van der Waals surface area contributed by atoms with Gasteiger partial charge in [0.05, 0.1) is 24.3 Å². The quantitative estimate of drug-likeness (QED) is 0.523. The van der Waals surface area contributed by atoms with E-state index in [9.17, 15) is 28.6 Å². The minimum atomic E-state index is -4.57. The van der Waals surface area contributed by atoms with Crippen molar-refractivity contribution >= 4 is 0 Å². The van der Waals surface area contributed by atoms with Gasteiger partial charge in [-0.05, 0) is 37.4 Å². The lowest BCUT2D eigenvalue weighted by atomic mass is 9.70. The molecule has 3 aromatic rings. The van der Waals surface area contributed by atoms with E-state index < -0.39 is 40.9 Å². The molecule has 1 aliphatic carbocycles. The normalized spacial score (nSPS) is 27.9. The number of nitriles is 1. The van der Waals surface area contributed by atoms with E-state index in [0.717, 1.165) is 17.7 Å². The molecular formula is C28H26F3N3O4. The van der Waals surface area contributed by atoms with Gasteiger partial charge in [-0.1, -0.05) is 42.5 Å². The zero-order chi connectivity index (χ0) is 27.5. The Bertz CT molecular complexity index is 1390. The van der Waals surface area contributed by atoms with Gasteiger partial charge in [-0.15, -0.1) is 0 Å². The summed E-state index contributed by atoms with van der Waals surface area (Å²) in [5.41, 5.74) is -3.86. The maximum atomic E-state index is 13.5. The summed E-state index contributed by atoms with van der Waals surface area (Å²) >= 11 is 0. The highest BCUT2D eigenvalue weighted by atomic mass is 19.4. The number of aliphatic hydroxyl groups is 2. The topological polar surface area (TPSA) is 98.8 Å². The Morgan fingerprint density at radius 3 is 2.34 bits per heavy atom. The Morgan fingerprint density at radius 1 is 1.13 bits per heavy atom. The molecule has 1 fully saturated rings. The fourth-order valence-corrected chi connectivity index (χ4v) is 6.17. The third-order valence-electron chi connectivity index (χ3n) is 7.55. The first-order valence-corrected chi connectivity index (χ1v) is 12.0. The maximum Gasteiger partial charge on any atom is 0.416 e. The summed E-state index contributed by atoms with van der Waals surface area (Å²) in [6.07, 6.45) is -6.01. The van der Waals surface area contributed by atoms with Crippen LogP contribution in [0.25, 0.3) is 0 Å². The minimum absolute atomic E-state index is 0.0395. The van der Waals surface area contributed by atoms with Gasteiger partial charge in [0.25, 0.3) is 0 Å². The molecule has 5 unspecified atom stereocenters. The summed E-state index contributed by atoms with van der Waals surface area (Å²) in [4.78, 5) is 6.05. The highest BCUT2D eigenvalue weighted by Gasteiger charge is 2.77. The molecule has 2 heterocycles. The highest BCUT2D eigenvalue weighted by molar-refractivity contribution is 5.60. The van der Waals surface area contributed by atoms with Gasteiger partial charge in [0.1, 0.15) is 17.5 Å².